The van der Waals surface area contributed by atoms with Crippen molar-refractivity contribution < 1.29 is 4.79 Å². The maximum absolute atomic E-state index is 12.5. The summed E-state index contributed by atoms with van der Waals surface area (Å²) < 4.78 is 0. The van der Waals surface area contributed by atoms with Gasteiger partial charge in [-0.25, -0.2) is 4.98 Å². The van der Waals surface area contributed by atoms with Gasteiger partial charge in [0, 0.05) is 29.7 Å². The summed E-state index contributed by atoms with van der Waals surface area (Å²) in [4.78, 5) is 20.2. The van der Waals surface area contributed by atoms with Crippen LogP contribution in [0.5, 0.6) is 0 Å². The van der Waals surface area contributed by atoms with Gasteiger partial charge in [0.2, 0.25) is 5.78 Å². The highest BCUT2D eigenvalue weighted by atomic mass is 32.1. The number of anilines is 2. The van der Waals surface area contributed by atoms with Crippen molar-refractivity contribution in [2.45, 2.75) is 0 Å². The number of nitrogens with zero attached hydrogens (tertiary/aromatic N) is 1. The molecule has 0 bridgehead atoms. The van der Waals surface area contributed by atoms with Crippen LogP contribution in [-0.4, -0.2) is 22.8 Å². The molecule has 0 amide bonds. The van der Waals surface area contributed by atoms with Gasteiger partial charge in [0.25, 0.3) is 0 Å². The Bertz CT molecular complexity index is 759. The van der Waals surface area contributed by atoms with Crippen LogP contribution in [0.2, 0.25) is 0 Å². The first-order chi connectivity index (χ1) is 9.20. The molecule has 96 valence electrons. The number of hydrogen-bond acceptors (Lipinski definition) is 5. The highest BCUT2D eigenvalue weighted by Gasteiger charge is 2.20. The molecule has 5 nitrogen and oxygen atoms in total. The van der Waals surface area contributed by atoms with E-state index in [1.807, 2.05) is 24.3 Å². The molecule has 0 unspecified atom stereocenters. The van der Waals surface area contributed by atoms with Gasteiger partial charge in [-0.1, -0.05) is 29.5 Å². The van der Waals surface area contributed by atoms with Gasteiger partial charge in [0.15, 0.2) is 5.13 Å². The second-order valence-electron chi connectivity index (χ2n) is 4.06. The van der Waals surface area contributed by atoms with E-state index in [1.54, 1.807) is 13.2 Å². The Morgan fingerprint density at radius 3 is 2.95 bits per heavy atom. The summed E-state index contributed by atoms with van der Waals surface area (Å²) in [5, 5.41) is 4.43. The molecule has 0 spiro atoms. The third kappa shape index (κ3) is 1.86. The highest BCUT2D eigenvalue weighted by molar-refractivity contribution is 7.18. The van der Waals surface area contributed by atoms with Gasteiger partial charge in [-0.2, -0.15) is 0 Å². The predicted molar refractivity (Wildman–Crippen MR) is 77.8 cm³/mol. The van der Waals surface area contributed by atoms with E-state index >= 15 is 0 Å². The van der Waals surface area contributed by atoms with Crippen LogP contribution < -0.4 is 11.1 Å². The van der Waals surface area contributed by atoms with E-state index in [9.17, 15) is 4.79 Å². The number of benzene rings is 1. The van der Waals surface area contributed by atoms with Crippen LogP contribution >= 0.6 is 11.3 Å². The first-order valence-electron chi connectivity index (χ1n) is 5.75. The molecule has 1 aromatic carbocycles. The number of fused-ring (bicyclic) bond motifs is 1. The lowest BCUT2D eigenvalue weighted by atomic mass is 10.1. The molecule has 0 aliphatic heterocycles. The maximum Gasteiger partial charge on any atom is 0.208 e. The summed E-state index contributed by atoms with van der Waals surface area (Å²) in [6.07, 6.45) is 1.71. The maximum atomic E-state index is 12.5. The van der Waals surface area contributed by atoms with Gasteiger partial charge in [0.1, 0.15) is 10.7 Å². The van der Waals surface area contributed by atoms with Crippen LogP contribution in [0.15, 0.2) is 30.5 Å². The summed E-state index contributed by atoms with van der Waals surface area (Å²) in [6.45, 7) is 0. The van der Waals surface area contributed by atoms with Gasteiger partial charge in [-0.15, -0.1) is 0 Å². The van der Waals surface area contributed by atoms with Crippen molar-refractivity contribution in [1.82, 2.24) is 9.97 Å². The van der Waals surface area contributed by atoms with Crippen LogP contribution in [0, 0.1) is 0 Å². The monoisotopic (exact) mass is 272 g/mol. The van der Waals surface area contributed by atoms with Crippen LogP contribution in [0.1, 0.15) is 15.2 Å². The zero-order valence-corrected chi connectivity index (χ0v) is 11.0. The Morgan fingerprint density at radius 1 is 1.42 bits per heavy atom. The number of para-hydroxylation sites is 1. The summed E-state index contributed by atoms with van der Waals surface area (Å²) in [5.74, 6) is 0.165. The minimum absolute atomic E-state index is 0.103. The summed E-state index contributed by atoms with van der Waals surface area (Å²) in [7, 11) is 1.75. The Kier molecular flexibility index (Phi) is 2.72. The van der Waals surface area contributed by atoms with E-state index in [-0.39, 0.29) is 11.6 Å². The highest BCUT2D eigenvalue weighted by Crippen LogP contribution is 2.29. The second kappa shape index (κ2) is 4.40. The van der Waals surface area contributed by atoms with Crippen molar-refractivity contribution in [3.63, 3.8) is 0 Å². The number of nitrogens with two attached hydrogens (primary N) is 1. The SMILES string of the molecule is CNc1nc(N)c(C(=O)c2c[nH]c3ccccc23)s1. The summed E-state index contributed by atoms with van der Waals surface area (Å²) in [6, 6.07) is 7.67. The number of hydrogen-bond donors (Lipinski definition) is 3. The number of thiazole rings is 1. The molecule has 6 heteroatoms. The summed E-state index contributed by atoms with van der Waals surface area (Å²) >= 11 is 1.26. The Hall–Kier alpha value is -2.34. The normalized spacial score (nSPS) is 10.8. The van der Waals surface area contributed by atoms with Crippen molar-refractivity contribution >= 4 is 39.0 Å². The minimum Gasteiger partial charge on any atom is -0.382 e. The third-order valence-corrected chi connectivity index (χ3v) is 3.99. The fraction of sp³-hybridized carbons (Fsp3) is 0.0769. The van der Waals surface area contributed by atoms with Gasteiger partial charge in [-0.3, -0.25) is 4.79 Å². The molecule has 0 atom stereocenters. The molecule has 0 fully saturated rings. The first kappa shape index (κ1) is 11.7. The number of carbonyl (C=O) groups excluding carboxylic acids is 1. The van der Waals surface area contributed by atoms with E-state index in [0.717, 1.165) is 10.9 Å². The van der Waals surface area contributed by atoms with Crippen molar-refractivity contribution in [1.29, 1.82) is 0 Å². The lowest BCUT2D eigenvalue weighted by Gasteiger charge is -1.96. The number of nitrogen functional groups attached to an aromatic ring is 1. The van der Waals surface area contributed by atoms with E-state index in [0.29, 0.717) is 15.6 Å². The Balaban J connectivity index is 2.10. The van der Waals surface area contributed by atoms with Crippen LogP contribution in [0.4, 0.5) is 10.9 Å². The molecule has 0 saturated carbocycles. The lowest BCUT2D eigenvalue weighted by Crippen LogP contribution is -2.01. The number of rotatable bonds is 3. The molecule has 0 aliphatic rings. The van der Waals surface area contributed by atoms with Gasteiger partial charge in [0.05, 0.1) is 0 Å². The zero-order chi connectivity index (χ0) is 13.4. The molecule has 3 aromatic rings. The number of carbonyl (C=O) groups is 1. The quantitative estimate of drug-likeness (QED) is 0.639. The van der Waals surface area contributed by atoms with Crippen LogP contribution in [0.3, 0.4) is 0 Å². The average molecular weight is 272 g/mol. The molecule has 2 heterocycles. The van der Waals surface area contributed by atoms with Crippen molar-refractivity contribution in [3.8, 4) is 0 Å². The van der Waals surface area contributed by atoms with Crippen molar-refractivity contribution in [2.75, 3.05) is 18.1 Å². The molecule has 4 N–H and O–H groups in total. The van der Waals surface area contributed by atoms with E-state index in [4.69, 9.17) is 5.73 Å². The fourth-order valence-electron chi connectivity index (χ4n) is 1.98. The molecule has 0 saturated heterocycles. The number of H-pyrrole nitrogens is 1. The van der Waals surface area contributed by atoms with Gasteiger partial charge in [-0.05, 0) is 6.07 Å². The minimum atomic E-state index is -0.103. The molecule has 2 aromatic heterocycles. The van der Waals surface area contributed by atoms with Crippen molar-refractivity contribution in [3.05, 3.63) is 40.9 Å². The fourth-order valence-corrected chi connectivity index (χ4v) is 2.78. The largest absolute Gasteiger partial charge is 0.382 e. The number of ketones is 1. The summed E-state index contributed by atoms with van der Waals surface area (Å²) in [5.41, 5.74) is 7.35. The molecule has 3 rings (SSSR count). The van der Waals surface area contributed by atoms with Gasteiger partial charge >= 0.3 is 0 Å². The standard InChI is InChI=1S/C13H12N4OS/c1-15-13-17-12(14)11(19-13)10(18)8-6-16-9-5-3-2-4-7(8)9/h2-6,16H,14H2,1H3,(H,15,17). The van der Waals surface area contributed by atoms with Crippen LogP contribution in [-0.2, 0) is 0 Å². The van der Waals surface area contributed by atoms with E-state index in [1.165, 1.54) is 11.3 Å². The molecular weight excluding hydrogens is 260 g/mol. The smallest absolute Gasteiger partial charge is 0.208 e. The second-order valence-corrected chi connectivity index (χ2v) is 5.06. The predicted octanol–water partition coefficient (Wildman–Crippen LogP) is 2.48. The number of aromatic nitrogens is 2. The topological polar surface area (TPSA) is 83.8 Å². The zero-order valence-electron chi connectivity index (χ0n) is 10.2. The van der Waals surface area contributed by atoms with E-state index in [2.05, 4.69) is 15.3 Å². The van der Waals surface area contributed by atoms with Gasteiger partial charge < -0.3 is 16.0 Å². The Morgan fingerprint density at radius 2 is 2.21 bits per heavy atom. The number of aromatic amines is 1. The molecule has 0 aliphatic carbocycles. The number of nitrogens with one attached hydrogen (secondary N) is 2. The molecule has 0 radical (unpaired) electrons. The molecular formula is C13H12N4OS. The third-order valence-electron chi connectivity index (χ3n) is 2.91. The Labute approximate surface area is 113 Å². The lowest BCUT2D eigenvalue weighted by molar-refractivity contribution is 0.104. The van der Waals surface area contributed by atoms with E-state index < -0.39 is 0 Å². The first-order valence-corrected chi connectivity index (χ1v) is 6.57. The van der Waals surface area contributed by atoms with Crippen LogP contribution in [0.25, 0.3) is 10.9 Å². The van der Waals surface area contributed by atoms with Crippen molar-refractivity contribution in [2.24, 2.45) is 0 Å². The average Bonchev–Trinajstić information content (AvgIpc) is 3.01. The molecule has 19 heavy (non-hydrogen) atoms.